The van der Waals surface area contributed by atoms with Gasteiger partial charge in [0.15, 0.2) is 6.10 Å². The van der Waals surface area contributed by atoms with E-state index in [0.29, 0.717) is 5.69 Å². The number of non-ortho nitro benzene ring substituents is 1. The molecule has 9 nitrogen and oxygen atoms in total. The van der Waals surface area contributed by atoms with Crippen molar-refractivity contribution in [3.63, 3.8) is 0 Å². The highest BCUT2D eigenvalue weighted by molar-refractivity contribution is 6.35. The minimum Gasteiger partial charge on any atom is -0.445 e. The number of benzene rings is 4. The van der Waals surface area contributed by atoms with Crippen LogP contribution in [0.3, 0.4) is 0 Å². The van der Waals surface area contributed by atoms with Gasteiger partial charge in [-0.15, -0.1) is 0 Å². The van der Waals surface area contributed by atoms with E-state index >= 15 is 0 Å². The topological polar surface area (TPSA) is 124 Å². The summed E-state index contributed by atoms with van der Waals surface area (Å²) in [5.74, 6) is -2.51. The molecule has 5 rings (SSSR count). The van der Waals surface area contributed by atoms with Crippen molar-refractivity contribution in [2.75, 3.05) is 4.90 Å². The number of aryl methyl sites for hydroxylation is 2. The van der Waals surface area contributed by atoms with Crippen LogP contribution in [-0.4, -0.2) is 28.5 Å². The van der Waals surface area contributed by atoms with E-state index < -0.39 is 34.6 Å². The van der Waals surface area contributed by atoms with Crippen LogP contribution in [0.4, 0.5) is 11.4 Å². The summed E-state index contributed by atoms with van der Waals surface area (Å²) in [5, 5.41) is 11.1. The van der Waals surface area contributed by atoms with E-state index in [9.17, 15) is 29.3 Å². The first-order valence-electron chi connectivity index (χ1n) is 12.3. The van der Waals surface area contributed by atoms with Gasteiger partial charge in [-0.05, 0) is 55.8 Å². The monoisotopic (exact) mass is 534 g/mol. The van der Waals surface area contributed by atoms with Crippen molar-refractivity contribution < 1.29 is 28.8 Å². The molecule has 4 aromatic carbocycles. The summed E-state index contributed by atoms with van der Waals surface area (Å²) in [6.45, 7) is 3.71. The van der Waals surface area contributed by atoms with E-state index in [1.807, 2.05) is 13.0 Å². The Labute approximate surface area is 228 Å². The molecule has 2 amide bonds. The van der Waals surface area contributed by atoms with Gasteiger partial charge in [-0.25, -0.2) is 9.69 Å². The average molecular weight is 535 g/mol. The number of carbonyl (C=O) groups excluding carboxylic acids is 4. The Morgan fingerprint density at radius 1 is 0.800 bits per heavy atom. The molecule has 1 heterocycles. The van der Waals surface area contributed by atoms with Crippen molar-refractivity contribution in [1.82, 2.24) is 0 Å². The number of carbonyl (C=O) groups is 4. The highest BCUT2D eigenvalue weighted by Gasteiger charge is 2.38. The molecule has 198 valence electrons. The van der Waals surface area contributed by atoms with Crippen LogP contribution < -0.4 is 4.90 Å². The van der Waals surface area contributed by atoms with Crippen LogP contribution in [0.2, 0.25) is 0 Å². The largest absolute Gasteiger partial charge is 0.445 e. The number of hydrogen-bond acceptors (Lipinski definition) is 7. The first-order chi connectivity index (χ1) is 19.2. The predicted molar refractivity (Wildman–Crippen MR) is 146 cm³/mol. The molecular formula is C31H22N2O7. The molecular weight excluding hydrogens is 512 g/mol. The first kappa shape index (κ1) is 26.2. The van der Waals surface area contributed by atoms with E-state index in [4.69, 9.17) is 4.74 Å². The molecule has 0 saturated heterocycles. The summed E-state index contributed by atoms with van der Waals surface area (Å²) < 4.78 is 5.64. The number of imide groups is 1. The fraction of sp³-hybridized carbons (Fsp3) is 0.0968. The summed E-state index contributed by atoms with van der Waals surface area (Å²) in [5.41, 5.74) is 2.67. The van der Waals surface area contributed by atoms with Crippen molar-refractivity contribution >= 4 is 34.9 Å². The zero-order chi connectivity index (χ0) is 28.6. The summed E-state index contributed by atoms with van der Waals surface area (Å²) in [6.07, 6.45) is -1.41. The molecule has 0 fully saturated rings. The van der Waals surface area contributed by atoms with Gasteiger partial charge in [-0.3, -0.25) is 24.5 Å². The van der Waals surface area contributed by atoms with Gasteiger partial charge >= 0.3 is 5.97 Å². The molecule has 1 atom stereocenters. The minimum atomic E-state index is -1.41. The van der Waals surface area contributed by atoms with E-state index in [1.165, 1.54) is 42.5 Å². The van der Waals surface area contributed by atoms with E-state index in [2.05, 4.69) is 0 Å². The van der Waals surface area contributed by atoms with Gasteiger partial charge in [0.2, 0.25) is 5.78 Å². The number of esters is 1. The molecule has 0 aliphatic carbocycles. The van der Waals surface area contributed by atoms with E-state index in [-0.39, 0.29) is 33.5 Å². The van der Waals surface area contributed by atoms with Crippen LogP contribution in [-0.2, 0) is 4.74 Å². The standard InChI is InChI=1S/C31H22N2O7/c1-18-8-15-26(19(2)16-18)32-29(35)24-14-11-22(17-25(24)30(32)36)31(37)40-28(27(34)20-6-4-3-5-7-20)21-9-12-23(13-10-21)33(38)39/h3-17,28H,1-2H3/t28-/m1/s1. The second-order valence-electron chi connectivity index (χ2n) is 9.36. The lowest BCUT2D eigenvalue weighted by atomic mass is 9.99. The fourth-order valence-electron chi connectivity index (χ4n) is 4.62. The molecule has 0 N–H and O–H groups in total. The van der Waals surface area contributed by atoms with Crippen LogP contribution >= 0.6 is 0 Å². The lowest BCUT2D eigenvalue weighted by Gasteiger charge is -2.18. The third kappa shape index (κ3) is 4.76. The molecule has 1 aliphatic heterocycles. The second-order valence-corrected chi connectivity index (χ2v) is 9.36. The Hall–Kier alpha value is -5.44. The predicted octanol–water partition coefficient (Wildman–Crippen LogP) is 5.79. The smallest absolute Gasteiger partial charge is 0.339 e. The number of Topliss-reactive ketones (excluding diaryl/α,β-unsaturated/α-hetero) is 1. The Bertz CT molecular complexity index is 1700. The van der Waals surface area contributed by atoms with Crippen LogP contribution in [0.15, 0.2) is 91.0 Å². The van der Waals surface area contributed by atoms with Gasteiger partial charge in [-0.1, -0.05) is 48.0 Å². The van der Waals surface area contributed by atoms with Gasteiger partial charge < -0.3 is 4.74 Å². The Morgan fingerprint density at radius 2 is 1.48 bits per heavy atom. The number of anilines is 1. The van der Waals surface area contributed by atoms with Crippen molar-refractivity contribution in [3.05, 3.63) is 140 Å². The molecule has 1 aliphatic rings. The molecule has 0 aromatic heterocycles. The number of ether oxygens (including phenoxy) is 1. The number of nitrogens with zero attached hydrogens (tertiary/aromatic N) is 2. The summed E-state index contributed by atoms with van der Waals surface area (Å²) in [6, 6.07) is 22.7. The maximum Gasteiger partial charge on any atom is 0.339 e. The molecule has 0 bridgehead atoms. The Balaban J connectivity index is 1.46. The highest BCUT2D eigenvalue weighted by atomic mass is 16.6. The number of hydrogen-bond donors (Lipinski definition) is 0. The third-order valence-electron chi connectivity index (χ3n) is 6.64. The second kappa shape index (κ2) is 10.4. The molecule has 0 unspecified atom stereocenters. The number of fused-ring (bicyclic) bond motifs is 1. The van der Waals surface area contributed by atoms with Gasteiger partial charge in [0.05, 0.1) is 27.3 Å². The van der Waals surface area contributed by atoms with Gasteiger partial charge in [0.1, 0.15) is 0 Å². The number of ketones is 1. The third-order valence-corrected chi connectivity index (χ3v) is 6.64. The highest BCUT2D eigenvalue weighted by Crippen LogP contribution is 2.32. The molecule has 0 saturated carbocycles. The SMILES string of the molecule is Cc1ccc(N2C(=O)c3ccc(C(=O)O[C@@H](C(=O)c4ccccc4)c4ccc([N+](=O)[O-])cc4)cc3C2=O)c(C)c1. The Morgan fingerprint density at radius 3 is 2.12 bits per heavy atom. The van der Waals surface area contributed by atoms with Crippen LogP contribution in [0.25, 0.3) is 0 Å². The van der Waals surface area contributed by atoms with Gasteiger partial charge in [-0.2, -0.15) is 0 Å². The van der Waals surface area contributed by atoms with Crippen LogP contribution in [0, 0.1) is 24.0 Å². The van der Waals surface area contributed by atoms with Crippen molar-refractivity contribution in [1.29, 1.82) is 0 Å². The molecule has 9 heteroatoms. The van der Waals surface area contributed by atoms with Gasteiger partial charge in [0, 0.05) is 23.3 Å². The summed E-state index contributed by atoms with van der Waals surface area (Å²) >= 11 is 0. The minimum absolute atomic E-state index is 0.0323. The fourth-order valence-corrected chi connectivity index (χ4v) is 4.62. The van der Waals surface area contributed by atoms with Crippen molar-refractivity contribution in [2.45, 2.75) is 20.0 Å². The van der Waals surface area contributed by atoms with E-state index in [0.717, 1.165) is 16.0 Å². The maximum atomic E-state index is 13.4. The van der Waals surface area contributed by atoms with Crippen LogP contribution in [0.5, 0.6) is 0 Å². The summed E-state index contributed by atoms with van der Waals surface area (Å²) in [7, 11) is 0. The molecule has 4 aromatic rings. The van der Waals surface area contributed by atoms with E-state index in [1.54, 1.807) is 49.4 Å². The van der Waals surface area contributed by atoms with Crippen molar-refractivity contribution in [2.24, 2.45) is 0 Å². The molecule has 0 radical (unpaired) electrons. The number of amides is 2. The normalized spacial score (nSPS) is 13.1. The van der Waals surface area contributed by atoms with Crippen molar-refractivity contribution in [3.8, 4) is 0 Å². The summed E-state index contributed by atoms with van der Waals surface area (Å²) in [4.78, 5) is 64.6. The van der Waals surface area contributed by atoms with Crippen LogP contribution in [0.1, 0.15) is 64.2 Å². The lowest BCUT2D eigenvalue weighted by Crippen LogP contribution is -2.30. The van der Waals surface area contributed by atoms with Gasteiger partial charge in [0.25, 0.3) is 17.5 Å². The first-order valence-corrected chi connectivity index (χ1v) is 12.3. The maximum absolute atomic E-state index is 13.4. The molecule has 0 spiro atoms. The lowest BCUT2D eigenvalue weighted by molar-refractivity contribution is -0.384. The number of nitro groups is 1. The zero-order valence-corrected chi connectivity index (χ0v) is 21.5. The zero-order valence-electron chi connectivity index (χ0n) is 21.5. The quantitative estimate of drug-likeness (QED) is 0.0966. The number of rotatable bonds is 7. The molecule has 40 heavy (non-hydrogen) atoms. The Kier molecular flexibility index (Phi) is 6.79. The average Bonchev–Trinajstić information content (AvgIpc) is 3.20. The number of nitro benzene ring substituents is 1.